The molecule has 0 aliphatic carbocycles. The molecule has 56 valence electrons. The van der Waals surface area contributed by atoms with Gasteiger partial charge in [0.2, 0.25) is 0 Å². The number of pyridine rings is 1. The molecule has 0 aromatic carbocycles. The molecule has 0 aliphatic heterocycles. The maximum Gasteiger partial charge on any atom is 0.105 e. The first-order valence-corrected chi connectivity index (χ1v) is 6.39. The molecule has 1 nitrogen and oxygen atoms in total. The minimum absolute atomic E-state index is 0.762. The highest BCUT2D eigenvalue weighted by atomic mass is 36.0. The van der Waals surface area contributed by atoms with Crippen LogP contribution in [-0.4, -0.2) is 11.2 Å². The average molecular weight is 196 g/mol. The second kappa shape index (κ2) is 2.99. The lowest BCUT2D eigenvalue weighted by Crippen LogP contribution is -1.84. The molecule has 0 atom stereocenters. The lowest BCUT2D eigenvalue weighted by atomic mass is 10.5. The number of halogens is 2. The van der Waals surface area contributed by atoms with E-state index in [1.54, 1.807) is 12.5 Å². The van der Waals surface area contributed by atoms with Crippen molar-refractivity contribution in [3.63, 3.8) is 0 Å². The van der Waals surface area contributed by atoms with Gasteiger partial charge in [0.05, 0.1) is 0 Å². The normalized spacial score (nSPS) is 13.1. The predicted octanol–water partition coefficient (Wildman–Crippen LogP) is 3.18. The lowest BCUT2D eigenvalue weighted by molar-refractivity contribution is 1.13. The molecule has 0 aliphatic rings. The maximum atomic E-state index is 5.84. The quantitative estimate of drug-likeness (QED) is 0.672. The Morgan fingerprint density at radius 3 is 2.40 bits per heavy atom. The van der Waals surface area contributed by atoms with E-state index in [1.165, 1.54) is 0 Å². The van der Waals surface area contributed by atoms with Crippen LogP contribution in [0.25, 0.3) is 0 Å². The summed E-state index contributed by atoms with van der Waals surface area (Å²) in [4.78, 5) is 4.02. The summed E-state index contributed by atoms with van der Waals surface area (Å²) in [6, 6.07) is 5.54. The van der Waals surface area contributed by atoms with Crippen molar-refractivity contribution < 1.29 is 0 Å². The average Bonchev–Trinajstić information content (AvgIpc) is 1.88. The zero-order valence-corrected chi connectivity index (χ0v) is 7.75. The minimum atomic E-state index is -1.67. The number of hydrogen-bond acceptors (Lipinski definition) is 1. The van der Waals surface area contributed by atoms with Gasteiger partial charge in [-0.15, -0.1) is 0 Å². The Morgan fingerprint density at radius 1 is 1.40 bits per heavy atom. The number of rotatable bonds is 1. The van der Waals surface area contributed by atoms with Gasteiger partial charge in [-0.1, -0.05) is 6.07 Å². The standard InChI is InChI=1S/C6H7Cl2NS/c1-10(7,8)6-4-2-3-5-9-6/h2-5H,1H3. The fraction of sp³-hybridized carbons (Fsp3) is 0.167. The monoisotopic (exact) mass is 195 g/mol. The highest BCUT2D eigenvalue weighted by Gasteiger charge is 2.13. The molecule has 1 aromatic heterocycles. The van der Waals surface area contributed by atoms with Crippen molar-refractivity contribution in [2.24, 2.45) is 0 Å². The molecule has 0 spiro atoms. The zero-order valence-electron chi connectivity index (χ0n) is 5.42. The number of aromatic nitrogens is 1. The van der Waals surface area contributed by atoms with E-state index in [-0.39, 0.29) is 0 Å². The fourth-order valence-corrected chi connectivity index (χ4v) is 1.67. The summed E-state index contributed by atoms with van der Waals surface area (Å²) in [5.74, 6) is 0. The Hall–Kier alpha value is 0.0800. The summed E-state index contributed by atoms with van der Waals surface area (Å²) in [7, 11) is 10.0. The largest absolute Gasteiger partial charge is 0.249 e. The van der Waals surface area contributed by atoms with Crippen molar-refractivity contribution in [2.45, 2.75) is 5.03 Å². The molecule has 1 rings (SSSR count). The van der Waals surface area contributed by atoms with Gasteiger partial charge in [-0.05, 0) is 48.2 Å². The van der Waals surface area contributed by atoms with Gasteiger partial charge in [0, 0.05) is 6.20 Å². The van der Waals surface area contributed by atoms with Crippen LogP contribution in [0, 0.1) is 0 Å². The Bertz CT molecular complexity index is 207. The Balaban J connectivity index is 2.97. The Morgan fingerprint density at radius 2 is 2.10 bits per heavy atom. The van der Waals surface area contributed by atoms with E-state index in [9.17, 15) is 0 Å². The van der Waals surface area contributed by atoms with Gasteiger partial charge in [0.1, 0.15) is 5.03 Å². The first-order valence-electron chi connectivity index (χ1n) is 2.69. The third-order valence-electron chi connectivity index (χ3n) is 1.00. The summed E-state index contributed by atoms with van der Waals surface area (Å²) in [6.45, 7) is 0. The van der Waals surface area contributed by atoms with E-state index in [1.807, 2.05) is 18.2 Å². The second-order valence-electron chi connectivity index (χ2n) is 1.89. The van der Waals surface area contributed by atoms with Gasteiger partial charge in [-0.25, -0.2) is 4.98 Å². The SMILES string of the molecule is CS(Cl)(Cl)c1ccccn1. The summed E-state index contributed by atoms with van der Waals surface area (Å²) < 4.78 is 0. The van der Waals surface area contributed by atoms with Crippen LogP contribution in [-0.2, 0) is 0 Å². The third-order valence-corrected chi connectivity index (χ3v) is 2.93. The van der Waals surface area contributed by atoms with Crippen LogP contribution in [0.5, 0.6) is 0 Å². The Kier molecular flexibility index (Phi) is 2.45. The summed E-state index contributed by atoms with van der Waals surface area (Å²) >= 11 is 0. The molecular weight excluding hydrogens is 189 g/mol. The van der Waals surface area contributed by atoms with Crippen molar-refractivity contribution in [1.29, 1.82) is 0 Å². The van der Waals surface area contributed by atoms with Gasteiger partial charge in [-0.3, -0.25) is 0 Å². The number of hydrogen-bond donors (Lipinski definition) is 0. The smallest absolute Gasteiger partial charge is 0.105 e. The highest BCUT2D eigenvalue weighted by molar-refractivity contribution is 8.65. The summed E-state index contributed by atoms with van der Waals surface area (Å²) in [6.07, 6.45) is 3.46. The molecule has 0 radical (unpaired) electrons. The fourth-order valence-electron chi connectivity index (χ4n) is 0.559. The molecule has 4 heteroatoms. The molecular formula is C6H7Cl2NS. The van der Waals surface area contributed by atoms with Crippen LogP contribution < -0.4 is 0 Å². The highest BCUT2D eigenvalue weighted by Crippen LogP contribution is 2.60. The van der Waals surface area contributed by atoms with Crippen LogP contribution in [0.3, 0.4) is 0 Å². The molecule has 0 saturated heterocycles. The van der Waals surface area contributed by atoms with E-state index < -0.39 is 8.46 Å². The zero-order chi connectivity index (χ0) is 7.61. The molecule has 0 unspecified atom stereocenters. The van der Waals surface area contributed by atoms with Crippen molar-refractivity contribution in [1.82, 2.24) is 4.98 Å². The first kappa shape index (κ1) is 8.18. The Labute approximate surface area is 70.7 Å². The van der Waals surface area contributed by atoms with E-state index in [0.717, 1.165) is 5.03 Å². The van der Waals surface area contributed by atoms with Gasteiger partial charge < -0.3 is 0 Å². The van der Waals surface area contributed by atoms with Crippen LogP contribution in [0.15, 0.2) is 29.4 Å². The molecule has 0 N–H and O–H groups in total. The van der Waals surface area contributed by atoms with Gasteiger partial charge in [0.25, 0.3) is 0 Å². The topological polar surface area (TPSA) is 12.9 Å². The van der Waals surface area contributed by atoms with Gasteiger partial charge in [-0.2, -0.15) is 0 Å². The summed E-state index contributed by atoms with van der Waals surface area (Å²) in [5.41, 5.74) is 0. The van der Waals surface area contributed by atoms with E-state index >= 15 is 0 Å². The van der Waals surface area contributed by atoms with E-state index in [4.69, 9.17) is 21.4 Å². The number of nitrogens with zero attached hydrogens (tertiary/aromatic N) is 1. The molecule has 0 saturated carbocycles. The minimum Gasteiger partial charge on any atom is -0.249 e. The van der Waals surface area contributed by atoms with Crippen molar-refractivity contribution >= 4 is 29.8 Å². The van der Waals surface area contributed by atoms with Crippen molar-refractivity contribution in [2.75, 3.05) is 6.26 Å². The first-order chi connectivity index (χ1) is 4.61. The predicted molar refractivity (Wildman–Crippen MR) is 47.7 cm³/mol. The lowest BCUT2D eigenvalue weighted by Gasteiger charge is -2.16. The van der Waals surface area contributed by atoms with E-state index in [2.05, 4.69) is 4.98 Å². The van der Waals surface area contributed by atoms with Gasteiger partial charge in [0.15, 0.2) is 0 Å². The van der Waals surface area contributed by atoms with E-state index in [0.29, 0.717) is 0 Å². The second-order valence-corrected chi connectivity index (χ2v) is 7.94. The van der Waals surface area contributed by atoms with Crippen molar-refractivity contribution in [3.05, 3.63) is 24.4 Å². The van der Waals surface area contributed by atoms with Gasteiger partial charge >= 0.3 is 0 Å². The molecule has 0 amide bonds. The van der Waals surface area contributed by atoms with Crippen LogP contribution in [0.4, 0.5) is 0 Å². The van der Waals surface area contributed by atoms with Crippen LogP contribution in [0.1, 0.15) is 0 Å². The maximum absolute atomic E-state index is 5.84. The molecule has 1 aromatic rings. The van der Waals surface area contributed by atoms with Crippen LogP contribution in [0.2, 0.25) is 0 Å². The van der Waals surface area contributed by atoms with Crippen molar-refractivity contribution in [3.8, 4) is 0 Å². The van der Waals surface area contributed by atoms with Crippen LogP contribution >= 0.6 is 29.8 Å². The molecule has 0 bridgehead atoms. The molecule has 0 fully saturated rings. The summed E-state index contributed by atoms with van der Waals surface area (Å²) in [5, 5.41) is 0.762. The third kappa shape index (κ3) is 2.04. The molecule has 10 heavy (non-hydrogen) atoms. The molecule has 1 heterocycles.